The van der Waals surface area contributed by atoms with Gasteiger partial charge in [0.15, 0.2) is 5.82 Å². The second-order valence-corrected chi connectivity index (χ2v) is 8.08. The van der Waals surface area contributed by atoms with Crippen LogP contribution < -0.4 is 10.8 Å². The summed E-state index contributed by atoms with van der Waals surface area (Å²) in [6.45, 7) is 0. The van der Waals surface area contributed by atoms with Crippen LogP contribution in [0.15, 0.2) is 79.6 Å². The van der Waals surface area contributed by atoms with Crippen LogP contribution in [0.5, 0.6) is 0 Å². The van der Waals surface area contributed by atoms with Crippen molar-refractivity contribution in [1.82, 2.24) is 35.2 Å². The minimum Gasteiger partial charge on any atom is -0.324 e. The molecule has 2 N–H and O–H groups in total. The third kappa shape index (κ3) is 5.27. The second-order valence-electron chi connectivity index (χ2n) is 7.67. The molecule has 12 heteroatoms. The predicted octanol–water partition coefficient (Wildman–Crippen LogP) is 4.61. The molecule has 0 fully saturated rings. The molecule has 5 rings (SSSR count). The number of nitrogens with zero attached hydrogens (tertiary/aromatic N) is 6. The van der Waals surface area contributed by atoms with E-state index in [1.807, 2.05) is 18.2 Å². The molecule has 0 bridgehead atoms. The molecule has 184 valence electrons. The largest absolute Gasteiger partial charge is 0.324 e. The van der Waals surface area contributed by atoms with Crippen molar-refractivity contribution in [3.8, 4) is 28.2 Å². The van der Waals surface area contributed by atoms with Gasteiger partial charge in [-0.25, -0.2) is 19.5 Å². The Morgan fingerprint density at radius 1 is 1.05 bits per heavy atom. The standard InChI is InChI=1S/C25H18ClFN8O2/c1-37-34-24(36)16-8-15(10-28-11-16)19-13-30-25(32-18-5-6-21(27)20(26)9-18)33-23(19)35-14-17(12-31-35)22-4-2-3-7-29-22/h2-14H,1H3,(H,34,36)(H,30,32,33). The molecule has 0 radical (unpaired) electrons. The van der Waals surface area contributed by atoms with Crippen molar-refractivity contribution in [2.24, 2.45) is 0 Å². The maximum atomic E-state index is 13.6. The number of hydrogen-bond donors (Lipinski definition) is 2. The van der Waals surface area contributed by atoms with Crippen LogP contribution in [-0.2, 0) is 4.84 Å². The first kappa shape index (κ1) is 24.0. The molecule has 0 aliphatic carbocycles. The molecular formula is C25H18ClFN8O2. The van der Waals surface area contributed by atoms with Gasteiger partial charge >= 0.3 is 0 Å². The number of hydroxylamine groups is 1. The number of carbonyl (C=O) groups is 1. The lowest BCUT2D eigenvalue weighted by Crippen LogP contribution is -2.21. The number of amides is 1. The van der Waals surface area contributed by atoms with Gasteiger partial charge in [-0.15, -0.1) is 0 Å². The summed E-state index contributed by atoms with van der Waals surface area (Å²) < 4.78 is 15.2. The van der Waals surface area contributed by atoms with Crippen molar-refractivity contribution in [2.75, 3.05) is 12.4 Å². The van der Waals surface area contributed by atoms with E-state index >= 15 is 0 Å². The summed E-state index contributed by atoms with van der Waals surface area (Å²) in [6.07, 6.45) is 9.72. The molecule has 0 unspecified atom stereocenters. The van der Waals surface area contributed by atoms with Crippen LogP contribution in [0.4, 0.5) is 16.0 Å². The van der Waals surface area contributed by atoms with Crippen molar-refractivity contribution in [3.63, 3.8) is 0 Å². The Bertz CT molecular complexity index is 1580. The van der Waals surface area contributed by atoms with E-state index in [0.717, 1.165) is 11.3 Å². The summed E-state index contributed by atoms with van der Waals surface area (Å²) in [7, 11) is 1.35. The highest BCUT2D eigenvalue weighted by Crippen LogP contribution is 2.28. The SMILES string of the molecule is CONC(=O)c1cncc(-c2cnc(Nc3ccc(F)c(Cl)c3)nc2-n2cc(-c3ccccn3)cn2)c1. The zero-order valence-electron chi connectivity index (χ0n) is 19.3. The zero-order valence-corrected chi connectivity index (χ0v) is 20.0. The van der Waals surface area contributed by atoms with E-state index in [4.69, 9.17) is 16.4 Å². The molecule has 4 heterocycles. The quantitative estimate of drug-likeness (QED) is 0.301. The molecule has 5 aromatic rings. The summed E-state index contributed by atoms with van der Waals surface area (Å²) in [4.78, 5) is 34.6. The first-order valence-electron chi connectivity index (χ1n) is 10.9. The molecule has 0 atom stereocenters. The Kier molecular flexibility index (Phi) is 6.79. The summed E-state index contributed by atoms with van der Waals surface area (Å²) in [5.41, 5.74) is 5.69. The number of anilines is 2. The number of hydrogen-bond acceptors (Lipinski definition) is 8. The molecule has 0 spiro atoms. The number of benzene rings is 1. The third-order valence-corrected chi connectivity index (χ3v) is 5.50. The van der Waals surface area contributed by atoms with Crippen molar-refractivity contribution in [2.45, 2.75) is 0 Å². The molecule has 10 nitrogen and oxygen atoms in total. The van der Waals surface area contributed by atoms with E-state index < -0.39 is 11.7 Å². The van der Waals surface area contributed by atoms with Crippen LogP contribution in [-0.4, -0.2) is 42.7 Å². The van der Waals surface area contributed by atoms with Gasteiger partial charge in [0.2, 0.25) is 5.95 Å². The number of rotatable bonds is 7. The Morgan fingerprint density at radius 2 is 1.95 bits per heavy atom. The summed E-state index contributed by atoms with van der Waals surface area (Å²) in [5, 5.41) is 7.46. The molecule has 0 saturated carbocycles. The minimum atomic E-state index is -0.535. The summed E-state index contributed by atoms with van der Waals surface area (Å²) in [6, 6.07) is 11.4. The van der Waals surface area contributed by atoms with E-state index in [1.165, 1.54) is 31.5 Å². The molecule has 0 aliphatic rings. The smallest absolute Gasteiger partial charge is 0.276 e. The number of carbonyl (C=O) groups excluding carboxylic acids is 1. The normalized spacial score (nSPS) is 10.8. The molecule has 0 aliphatic heterocycles. The fraction of sp³-hybridized carbons (Fsp3) is 0.0400. The predicted molar refractivity (Wildman–Crippen MR) is 135 cm³/mol. The van der Waals surface area contributed by atoms with Crippen molar-refractivity contribution < 1.29 is 14.0 Å². The van der Waals surface area contributed by atoms with Crippen molar-refractivity contribution >= 4 is 29.1 Å². The Hall–Kier alpha value is -4.74. The highest BCUT2D eigenvalue weighted by molar-refractivity contribution is 6.31. The van der Waals surface area contributed by atoms with Gasteiger partial charge in [-0.3, -0.25) is 19.6 Å². The molecular weight excluding hydrogens is 499 g/mol. The van der Waals surface area contributed by atoms with Gasteiger partial charge in [-0.2, -0.15) is 10.1 Å². The van der Waals surface area contributed by atoms with E-state index in [1.54, 1.807) is 41.7 Å². The second kappa shape index (κ2) is 10.5. The van der Waals surface area contributed by atoms with Gasteiger partial charge in [0, 0.05) is 53.4 Å². The molecule has 1 amide bonds. The van der Waals surface area contributed by atoms with Gasteiger partial charge in [0.1, 0.15) is 5.82 Å². The molecule has 0 saturated heterocycles. The van der Waals surface area contributed by atoms with E-state index in [2.05, 4.69) is 35.8 Å². The fourth-order valence-corrected chi connectivity index (χ4v) is 3.66. The lowest BCUT2D eigenvalue weighted by atomic mass is 10.1. The van der Waals surface area contributed by atoms with Gasteiger partial charge < -0.3 is 5.32 Å². The van der Waals surface area contributed by atoms with Gasteiger partial charge in [0.05, 0.1) is 29.6 Å². The monoisotopic (exact) mass is 516 g/mol. The van der Waals surface area contributed by atoms with Gasteiger partial charge in [-0.05, 0) is 36.4 Å². The van der Waals surface area contributed by atoms with E-state index in [9.17, 15) is 9.18 Å². The maximum Gasteiger partial charge on any atom is 0.276 e. The summed E-state index contributed by atoms with van der Waals surface area (Å²) >= 11 is 5.91. The van der Waals surface area contributed by atoms with E-state index in [-0.39, 0.29) is 16.5 Å². The first-order valence-corrected chi connectivity index (χ1v) is 11.2. The van der Waals surface area contributed by atoms with Gasteiger partial charge in [0.25, 0.3) is 5.91 Å². The van der Waals surface area contributed by atoms with E-state index in [0.29, 0.717) is 22.6 Å². The average molecular weight is 517 g/mol. The zero-order chi connectivity index (χ0) is 25.8. The Morgan fingerprint density at radius 3 is 2.73 bits per heavy atom. The lowest BCUT2D eigenvalue weighted by molar-refractivity contribution is 0.0537. The van der Waals surface area contributed by atoms with Gasteiger partial charge in [-0.1, -0.05) is 17.7 Å². The van der Waals surface area contributed by atoms with Crippen LogP contribution >= 0.6 is 11.6 Å². The third-order valence-electron chi connectivity index (χ3n) is 5.21. The summed E-state index contributed by atoms with van der Waals surface area (Å²) in [5.74, 6) is -0.369. The molecule has 37 heavy (non-hydrogen) atoms. The molecule has 1 aromatic carbocycles. The number of halogens is 2. The first-order chi connectivity index (χ1) is 18.0. The highest BCUT2D eigenvalue weighted by atomic mass is 35.5. The molecule has 4 aromatic heterocycles. The van der Waals surface area contributed by atoms with Crippen LogP contribution in [0.2, 0.25) is 5.02 Å². The van der Waals surface area contributed by atoms with Crippen LogP contribution in [0, 0.1) is 5.82 Å². The van der Waals surface area contributed by atoms with Crippen LogP contribution in [0.25, 0.3) is 28.2 Å². The number of aromatic nitrogens is 6. The number of pyridine rings is 2. The fourth-order valence-electron chi connectivity index (χ4n) is 3.48. The maximum absolute atomic E-state index is 13.6. The van der Waals surface area contributed by atoms with Crippen LogP contribution in [0.3, 0.4) is 0 Å². The Labute approximate surface area is 215 Å². The minimum absolute atomic E-state index is 0.0360. The highest BCUT2D eigenvalue weighted by Gasteiger charge is 2.16. The number of nitrogens with one attached hydrogen (secondary N) is 2. The lowest BCUT2D eigenvalue weighted by Gasteiger charge is -2.12. The topological polar surface area (TPSA) is 120 Å². The van der Waals surface area contributed by atoms with Crippen molar-refractivity contribution in [3.05, 3.63) is 96.0 Å². The van der Waals surface area contributed by atoms with Crippen molar-refractivity contribution in [1.29, 1.82) is 0 Å². The average Bonchev–Trinajstić information content (AvgIpc) is 3.42. The van der Waals surface area contributed by atoms with Crippen LogP contribution in [0.1, 0.15) is 10.4 Å². The Balaban J connectivity index is 1.59.